The van der Waals surface area contributed by atoms with Crippen molar-refractivity contribution in [2.45, 2.75) is 12.5 Å². The van der Waals surface area contributed by atoms with E-state index >= 15 is 0 Å². The van der Waals surface area contributed by atoms with E-state index in [0.717, 1.165) is 0 Å². The van der Waals surface area contributed by atoms with Crippen molar-refractivity contribution in [3.8, 4) is 0 Å². The summed E-state index contributed by atoms with van der Waals surface area (Å²) in [5.74, 6) is -1.45. The van der Waals surface area contributed by atoms with Gasteiger partial charge in [-0.3, -0.25) is 9.59 Å². The van der Waals surface area contributed by atoms with E-state index in [9.17, 15) is 9.59 Å². The first-order valence-electron chi connectivity index (χ1n) is 3.31. The molecule has 1 aliphatic rings. The van der Waals surface area contributed by atoms with E-state index in [2.05, 4.69) is 9.99 Å². The van der Waals surface area contributed by atoms with Gasteiger partial charge in [0.05, 0.1) is 0 Å². The number of nitrogens with two attached hydrogens (primary N) is 1. The van der Waals surface area contributed by atoms with E-state index in [4.69, 9.17) is 10.8 Å². The summed E-state index contributed by atoms with van der Waals surface area (Å²) in [6.45, 7) is -0.109. The molecule has 3 N–H and O–H groups in total. The number of nitrogens with zero attached hydrogens (tertiary/aromatic N) is 1. The molecule has 0 amide bonds. The Morgan fingerprint density at radius 3 is 2.92 bits per heavy atom. The van der Waals surface area contributed by atoms with Crippen molar-refractivity contribution >= 4 is 17.5 Å². The maximum absolute atomic E-state index is 10.8. The van der Waals surface area contributed by atoms with Gasteiger partial charge in [0.1, 0.15) is 11.8 Å². The van der Waals surface area contributed by atoms with Crippen LogP contribution in [0.15, 0.2) is 5.16 Å². The molecule has 0 aromatic carbocycles. The molecule has 0 aromatic rings. The van der Waals surface area contributed by atoms with Gasteiger partial charge in [0, 0.05) is 6.42 Å². The lowest BCUT2D eigenvalue weighted by Gasteiger charge is -2.02. The fourth-order valence-electron chi connectivity index (χ4n) is 0.750. The third-order valence-corrected chi connectivity index (χ3v) is 1.42. The van der Waals surface area contributed by atoms with E-state index in [-0.39, 0.29) is 24.5 Å². The minimum absolute atomic E-state index is 0.0752. The maximum Gasteiger partial charge on any atom is 0.320 e. The molecule has 66 valence electrons. The summed E-state index contributed by atoms with van der Waals surface area (Å²) in [6, 6.07) is -1.09. The lowest BCUT2D eigenvalue weighted by Crippen LogP contribution is -2.34. The van der Waals surface area contributed by atoms with Crippen molar-refractivity contribution < 1.29 is 19.5 Å². The van der Waals surface area contributed by atoms with Gasteiger partial charge in [-0.1, -0.05) is 5.16 Å². The zero-order valence-electron chi connectivity index (χ0n) is 6.19. The summed E-state index contributed by atoms with van der Waals surface area (Å²) < 4.78 is 0. The Morgan fingerprint density at radius 1 is 1.83 bits per heavy atom. The van der Waals surface area contributed by atoms with Crippen LogP contribution in [0.4, 0.5) is 0 Å². The SMILES string of the molecule is N[C@@H](CC1=NOCC1=O)C(=O)O. The first-order valence-corrected chi connectivity index (χ1v) is 3.31. The highest BCUT2D eigenvalue weighted by atomic mass is 16.6. The molecular formula is C6H8N2O4. The number of ketones is 1. The van der Waals surface area contributed by atoms with Crippen LogP contribution in [-0.2, 0) is 14.4 Å². The molecular weight excluding hydrogens is 164 g/mol. The van der Waals surface area contributed by atoms with E-state index in [1.54, 1.807) is 0 Å². The normalized spacial score (nSPS) is 18.4. The lowest BCUT2D eigenvalue weighted by atomic mass is 10.1. The fraction of sp³-hybridized carbons (Fsp3) is 0.500. The summed E-state index contributed by atoms with van der Waals surface area (Å²) >= 11 is 0. The average Bonchev–Trinajstić information content (AvgIpc) is 2.36. The van der Waals surface area contributed by atoms with Crippen LogP contribution in [0.25, 0.3) is 0 Å². The molecule has 1 atom stereocenters. The Hall–Kier alpha value is -1.43. The molecule has 12 heavy (non-hydrogen) atoms. The summed E-state index contributed by atoms with van der Waals surface area (Å²) in [5.41, 5.74) is 5.27. The molecule has 0 saturated heterocycles. The van der Waals surface area contributed by atoms with Crippen molar-refractivity contribution in [2.75, 3.05) is 6.61 Å². The zero-order chi connectivity index (χ0) is 9.14. The molecule has 0 aromatic heterocycles. The Morgan fingerprint density at radius 2 is 2.50 bits per heavy atom. The van der Waals surface area contributed by atoms with Crippen molar-refractivity contribution in [1.29, 1.82) is 0 Å². The van der Waals surface area contributed by atoms with Crippen molar-refractivity contribution in [3.63, 3.8) is 0 Å². The van der Waals surface area contributed by atoms with Crippen LogP contribution < -0.4 is 5.73 Å². The highest BCUT2D eigenvalue weighted by molar-refractivity contribution is 6.41. The van der Waals surface area contributed by atoms with Crippen LogP contribution in [0.2, 0.25) is 0 Å². The van der Waals surface area contributed by atoms with Crippen LogP contribution in [-0.4, -0.2) is 35.2 Å². The third-order valence-electron chi connectivity index (χ3n) is 1.42. The van der Waals surface area contributed by atoms with Crippen molar-refractivity contribution in [1.82, 2.24) is 0 Å². The predicted molar refractivity (Wildman–Crippen MR) is 38.6 cm³/mol. The van der Waals surface area contributed by atoms with Gasteiger partial charge in [-0.25, -0.2) is 0 Å². The average molecular weight is 172 g/mol. The van der Waals surface area contributed by atoms with E-state index < -0.39 is 12.0 Å². The van der Waals surface area contributed by atoms with Crippen LogP contribution >= 0.6 is 0 Å². The molecule has 0 bridgehead atoms. The van der Waals surface area contributed by atoms with Gasteiger partial charge < -0.3 is 15.7 Å². The lowest BCUT2D eigenvalue weighted by molar-refractivity contribution is -0.138. The number of hydrogen-bond acceptors (Lipinski definition) is 5. The Kier molecular flexibility index (Phi) is 2.39. The number of carbonyl (C=O) groups excluding carboxylic acids is 1. The van der Waals surface area contributed by atoms with E-state index in [0.29, 0.717) is 0 Å². The fourth-order valence-corrected chi connectivity index (χ4v) is 0.750. The van der Waals surface area contributed by atoms with Crippen LogP contribution in [0.1, 0.15) is 6.42 Å². The summed E-state index contributed by atoms with van der Waals surface area (Å²) in [6.07, 6.45) is -0.0752. The molecule has 1 heterocycles. The smallest absolute Gasteiger partial charge is 0.320 e. The van der Waals surface area contributed by atoms with E-state index in [1.807, 2.05) is 0 Å². The summed E-state index contributed by atoms with van der Waals surface area (Å²) in [7, 11) is 0. The van der Waals surface area contributed by atoms with Gasteiger partial charge in [-0.15, -0.1) is 0 Å². The number of oxime groups is 1. The summed E-state index contributed by atoms with van der Waals surface area (Å²) in [4.78, 5) is 25.5. The van der Waals surface area contributed by atoms with Gasteiger partial charge in [-0.2, -0.15) is 0 Å². The van der Waals surface area contributed by atoms with Gasteiger partial charge in [0.2, 0.25) is 5.78 Å². The molecule has 0 fully saturated rings. The molecule has 0 unspecified atom stereocenters. The van der Waals surface area contributed by atoms with Crippen LogP contribution in [0.3, 0.4) is 0 Å². The number of aliphatic carboxylic acids is 1. The van der Waals surface area contributed by atoms with Crippen LogP contribution in [0, 0.1) is 0 Å². The Labute approximate surface area is 68.0 Å². The monoisotopic (exact) mass is 172 g/mol. The second-order valence-corrected chi connectivity index (χ2v) is 2.38. The third kappa shape index (κ3) is 1.79. The molecule has 0 radical (unpaired) electrons. The Bertz CT molecular complexity index is 248. The molecule has 1 aliphatic heterocycles. The molecule has 0 spiro atoms. The highest BCUT2D eigenvalue weighted by Crippen LogP contribution is 2.02. The van der Waals surface area contributed by atoms with Gasteiger partial charge >= 0.3 is 5.97 Å². The largest absolute Gasteiger partial charge is 0.480 e. The number of carboxylic acids is 1. The minimum Gasteiger partial charge on any atom is -0.480 e. The maximum atomic E-state index is 10.8. The highest BCUT2D eigenvalue weighted by Gasteiger charge is 2.24. The van der Waals surface area contributed by atoms with Gasteiger partial charge in [-0.05, 0) is 0 Å². The standard InChI is InChI=1S/C6H8N2O4/c7-3(6(10)11)1-4-5(9)2-12-8-4/h3H,1-2,7H2,(H,10,11)/t3-/m0/s1. The predicted octanol–water partition coefficient (Wildman–Crippen LogP) is -1.26. The second-order valence-electron chi connectivity index (χ2n) is 2.38. The molecule has 6 nitrogen and oxygen atoms in total. The van der Waals surface area contributed by atoms with Gasteiger partial charge in [0.15, 0.2) is 6.61 Å². The van der Waals surface area contributed by atoms with Gasteiger partial charge in [0.25, 0.3) is 0 Å². The molecule has 0 aliphatic carbocycles. The summed E-state index contributed by atoms with van der Waals surface area (Å²) in [5, 5.41) is 11.8. The zero-order valence-corrected chi connectivity index (χ0v) is 6.19. The number of carboxylic acid groups (broad SMARTS) is 1. The first kappa shape index (κ1) is 8.66. The van der Waals surface area contributed by atoms with Crippen LogP contribution in [0.5, 0.6) is 0 Å². The second kappa shape index (κ2) is 3.31. The number of Topliss-reactive ketones (excluding diaryl/α,β-unsaturated/α-hetero) is 1. The van der Waals surface area contributed by atoms with Crippen molar-refractivity contribution in [2.24, 2.45) is 10.9 Å². The first-order chi connectivity index (χ1) is 5.61. The molecule has 0 saturated carbocycles. The Balaban J connectivity index is 2.51. The van der Waals surface area contributed by atoms with E-state index in [1.165, 1.54) is 0 Å². The van der Waals surface area contributed by atoms with Crippen molar-refractivity contribution in [3.05, 3.63) is 0 Å². The number of carbonyl (C=O) groups is 2. The number of rotatable bonds is 3. The number of hydrogen-bond donors (Lipinski definition) is 2. The topological polar surface area (TPSA) is 102 Å². The molecule has 6 heteroatoms. The quantitative estimate of drug-likeness (QED) is 0.553. The minimum atomic E-state index is -1.16. The molecule has 1 rings (SSSR count).